The minimum Gasteiger partial charge on any atom is -0.465 e. The summed E-state index contributed by atoms with van der Waals surface area (Å²) in [5.41, 5.74) is 1.75. The lowest BCUT2D eigenvalue weighted by Gasteiger charge is -2.33. The van der Waals surface area contributed by atoms with Gasteiger partial charge in [0.15, 0.2) is 0 Å². The van der Waals surface area contributed by atoms with Crippen LogP contribution >= 0.6 is 0 Å². The van der Waals surface area contributed by atoms with Gasteiger partial charge in [0.1, 0.15) is 5.70 Å². The summed E-state index contributed by atoms with van der Waals surface area (Å²) in [7, 11) is 2.48. The molecule has 2 heterocycles. The molecule has 146 valence electrons. The molecule has 0 aromatic heterocycles. The number of methoxy groups -OCH3 is 2. The monoisotopic (exact) mass is 382 g/mol. The molecule has 0 unspecified atom stereocenters. The number of carbonyl (C=O) groups is 3. The van der Waals surface area contributed by atoms with Gasteiger partial charge < -0.3 is 19.7 Å². The van der Waals surface area contributed by atoms with Gasteiger partial charge in [-0.2, -0.15) is 0 Å². The number of anilines is 1. The van der Waals surface area contributed by atoms with Crippen LogP contribution in [-0.2, 0) is 25.5 Å². The van der Waals surface area contributed by atoms with Crippen molar-refractivity contribution < 1.29 is 23.9 Å². The van der Waals surface area contributed by atoms with Crippen LogP contribution in [0.4, 0.5) is 5.69 Å². The lowest BCUT2D eigenvalue weighted by atomic mass is 9.87. The van der Waals surface area contributed by atoms with E-state index in [-0.39, 0.29) is 22.7 Å². The first-order valence-corrected chi connectivity index (χ1v) is 8.78. The maximum atomic E-state index is 12.6. The first-order chi connectivity index (χ1) is 13.3. The lowest BCUT2D eigenvalue weighted by Crippen LogP contribution is -2.49. The van der Waals surface area contributed by atoms with Gasteiger partial charge in [-0.1, -0.05) is 12.1 Å². The molecule has 2 aliphatic rings. The number of esters is 2. The number of amides is 1. The normalized spacial score (nSPS) is 17.6. The van der Waals surface area contributed by atoms with Crippen molar-refractivity contribution in [2.45, 2.75) is 25.8 Å². The maximum Gasteiger partial charge on any atom is 0.355 e. The molecule has 0 atom stereocenters. The van der Waals surface area contributed by atoms with Gasteiger partial charge in [0.05, 0.1) is 19.8 Å². The maximum absolute atomic E-state index is 12.6. The van der Waals surface area contributed by atoms with Crippen LogP contribution in [0.1, 0.15) is 29.8 Å². The summed E-state index contributed by atoms with van der Waals surface area (Å²) in [6, 6.07) is 5.37. The van der Waals surface area contributed by atoms with Crippen molar-refractivity contribution in [3.05, 3.63) is 65.0 Å². The van der Waals surface area contributed by atoms with Crippen LogP contribution in [0.5, 0.6) is 0 Å². The van der Waals surface area contributed by atoms with E-state index in [4.69, 9.17) is 9.47 Å². The summed E-state index contributed by atoms with van der Waals surface area (Å²) in [6.07, 6.45) is 7.12. The summed E-state index contributed by atoms with van der Waals surface area (Å²) in [5.74, 6) is -1.54. The second-order valence-corrected chi connectivity index (χ2v) is 7.17. The molecule has 3 rings (SSSR count). The van der Waals surface area contributed by atoms with Crippen LogP contribution < -0.4 is 10.2 Å². The Morgan fingerprint density at radius 2 is 1.82 bits per heavy atom. The Bertz CT molecular complexity index is 940. The molecule has 1 amide bonds. The number of carbonyl (C=O) groups excluding carboxylic acids is 3. The Morgan fingerprint density at radius 1 is 1.11 bits per heavy atom. The van der Waals surface area contributed by atoms with Gasteiger partial charge in [-0.3, -0.25) is 4.79 Å². The molecule has 7 nitrogen and oxygen atoms in total. The molecule has 0 fully saturated rings. The third kappa shape index (κ3) is 3.55. The van der Waals surface area contributed by atoms with Crippen molar-refractivity contribution in [2.24, 2.45) is 0 Å². The van der Waals surface area contributed by atoms with Gasteiger partial charge in [0, 0.05) is 23.0 Å². The zero-order valence-electron chi connectivity index (χ0n) is 16.2. The number of allylic oxidation sites excluding steroid dienone is 2. The van der Waals surface area contributed by atoms with E-state index in [2.05, 4.69) is 5.32 Å². The second-order valence-electron chi connectivity index (χ2n) is 7.17. The van der Waals surface area contributed by atoms with Gasteiger partial charge in [0.25, 0.3) is 5.91 Å². The number of hydrogen-bond donors (Lipinski definition) is 1. The van der Waals surface area contributed by atoms with E-state index in [1.165, 1.54) is 25.2 Å². The molecule has 1 aromatic rings. The number of benzene rings is 1. The molecule has 0 saturated heterocycles. The lowest BCUT2D eigenvalue weighted by molar-refractivity contribution is -0.139. The Hall–Kier alpha value is -3.35. The fourth-order valence-corrected chi connectivity index (χ4v) is 3.34. The Kier molecular flexibility index (Phi) is 5.09. The fourth-order valence-electron chi connectivity index (χ4n) is 3.34. The average molecular weight is 382 g/mol. The Labute approximate surface area is 163 Å². The number of nitrogens with one attached hydrogen (secondary N) is 1. The third-order valence-corrected chi connectivity index (χ3v) is 4.59. The van der Waals surface area contributed by atoms with E-state index < -0.39 is 11.9 Å². The highest BCUT2D eigenvalue weighted by atomic mass is 16.5. The van der Waals surface area contributed by atoms with Crippen molar-refractivity contribution in [2.75, 3.05) is 19.1 Å². The van der Waals surface area contributed by atoms with E-state index in [9.17, 15) is 14.4 Å². The van der Waals surface area contributed by atoms with Crippen LogP contribution in [0, 0.1) is 0 Å². The van der Waals surface area contributed by atoms with Crippen molar-refractivity contribution in [1.29, 1.82) is 0 Å². The molecule has 0 aliphatic carbocycles. The highest BCUT2D eigenvalue weighted by molar-refractivity contribution is 6.06. The van der Waals surface area contributed by atoms with Crippen molar-refractivity contribution in [3.8, 4) is 0 Å². The van der Waals surface area contributed by atoms with Gasteiger partial charge >= 0.3 is 11.9 Å². The molecule has 0 bridgehead atoms. The third-order valence-electron chi connectivity index (χ3n) is 4.59. The van der Waals surface area contributed by atoms with Gasteiger partial charge in [-0.05, 0) is 50.1 Å². The summed E-state index contributed by atoms with van der Waals surface area (Å²) < 4.78 is 9.70. The zero-order valence-corrected chi connectivity index (χ0v) is 16.2. The molecular weight excluding hydrogens is 360 g/mol. The molecule has 0 radical (unpaired) electrons. The molecule has 1 aromatic carbocycles. The molecule has 1 N–H and O–H groups in total. The highest BCUT2D eigenvalue weighted by Crippen LogP contribution is 2.31. The van der Waals surface area contributed by atoms with Crippen LogP contribution in [0.2, 0.25) is 0 Å². The summed E-state index contributed by atoms with van der Waals surface area (Å²) in [4.78, 5) is 38.8. The van der Waals surface area contributed by atoms with Crippen molar-refractivity contribution >= 4 is 23.5 Å². The average Bonchev–Trinajstić information content (AvgIpc) is 2.88. The van der Waals surface area contributed by atoms with Gasteiger partial charge in [-0.25, -0.2) is 9.59 Å². The molecule has 7 heteroatoms. The molecule has 0 saturated carbocycles. The second kappa shape index (κ2) is 7.34. The number of fused-ring (bicyclic) bond motifs is 1. The topological polar surface area (TPSA) is 84.9 Å². The summed E-state index contributed by atoms with van der Waals surface area (Å²) >= 11 is 0. The SMILES string of the molecule is COC(=O)C1=C(C(=O)OC)N(c2ccc3c(c2)C(=O)NC(C)(C)C3)C=CC=C1. The van der Waals surface area contributed by atoms with Crippen molar-refractivity contribution in [1.82, 2.24) is 5.32 Å². The molecule has 2 aliphatic heterocycles. The van der Waals surface area contributed by atoms with E-state index in [0.29, 0.717) is 17.7 Å². The first kappa shape index (κ1) is 19.4. The Balaban J connectivity index is 2.14. The Morgan fingerprint density at radius 3 is 2.50 bits per heavy atom. The summed E-state index contributed by atoms with van der Waals surface area (Å²) in [6.45, 7) is 3.93. The minimum atomic E-state index is -0.695. The van der Waals surface area contributed by atoms with Crippen molar-refractivity contribution in [3.63, 3.8) is 0 Å². The predicted octanol–water partition coefficient (Wildman–Crippen LogP) is 2.24. The van der Waals surface area contributed by atoms with Crippen LogP contribution in [0.15, 0.2) is 53.9 Å². The van der Waals surface area contributed by atoms with E-state index in [1.807, 2.05) is 19.9 Å². The number of nitrogens with zero attached hydrogens (tertiary/aromatic N) is 1. The van der Waals surface area contributed by atoms with E-state index in [0.717, 1.165) is 5.56 Å². The minimum absolute atomic E-state index is 0.0100. The van der Waals surface area contributed by atoms with E-state index >= 15 is 0 Å². The molecule has 28 heavy (non-hydrogen) atoms. The highest BCUT2D eigenvalue weighted by Gasteiger charge is 2.32. The predicted molar refractivity (Wildman–Crippen MR) is 104 cm³/mol. The van der Waals surface area contributed by atoms with Gasteiger partial charge in [0.2, 0.25) is 0 Å². The smallest absolute Gasteiger partial charge is 0.355 e. The first-order valence-electron chi connectivity index (χ1n) is 8.78. The number of ether oxygens (including phenoxy) is 2. The molecular formula is C21H22N2O5. The quantitative estimate of drug-likeness (QED) is 0.807. The largest absolute Gasteiger partial charge is 0.465 e. The fraction of sp³-hybridized carbons (Fsp3) is 0.286. The number of hydrogen-bond acceptors (Lipinski definition) is 6. The van der Waals surface area contributed by atoms with Crippen LogP contribution in [0.25, 0.3) is 0 Å². The molecule has 0 spiro atoms. The zero-order chi connectivity index (χ0) is 20.5. The standard InChI is InChI=1S/C21H22N2O5/c1-21(2)12-13-8-9-14(11-16(13)18(24)22-21)23-10-6-5-7-15(19(25)27-3)17(23)20(26)28-4/h5-11H,12H2,1-4H3,(H,22,24). The van der Waals surface area contributed by atoms with Crippen LogP contribution in [0.3, 0.4) is 0 Å². The van der Waals surface area contributed by atoms with Crippen LogP contribution in [-0.4, -0.2) is 37.6 Å². The number of rotatable bonds is 3. The van der Waals surface area contributed by atoms with E-state index in [1.54, 1.807) is 30.5 Å². The summed E-state index contributed by atoms with van der Waals surface area (Å²) in [5, 5.41) is 2.97. The van der Waals surface area contributed by atoms with Gasteiger partial charge in [-0.15, -0.1) is 0 Å².